The summed E-state index contributed by atoms with van der Waals surface area (Å²) in [5.41, 5.74) is 3.67. The third-order valence-corrected chi connectivity index (χ3v) is 5.79. The van der Waals surface area contributed by atoms with E-state index in [1.54, 1.807) is 0 Å². The monoisotopic (exact) mass is 418 g/mol. The van der Waals surface area contributed by atoms with Crippen molar-refractivity contribution in [2.24, 2.45) is 0 Å². The summed E-state index contributed by atoms with van der Waals surface area (Å²) in [6.07, 6.45) is 0.588. The topological polar surface area (TPSA) is 34.1 Å². The van der Waals surface area contributed by atoms with E-state index in [1.807, 2.05) is 121 Å². The Hall–Kier alpha value is -3.78. The van der Waals surface area contributed by atoms with Gasteiger partial charge in [-0.25, -0.2) is 0 Å². The van der Waals surface area contributed by atoms with Gasteiger partial charge in [0.15, 0.2) is 0 Å². The summed E-state index contributed by atoms with van der Waals surface area (Å²) < 4.78 is 0. The summed E-state index contributed by atoms with van der Waals surface area (Å²) in [5, 5.41) is 0. The third kappa shape index (κ3) is 5.28. The summed E-state index contributed by atoms with van der Waals surface area (Å²) in [5.74, 6) is -0.986. The maximum atomic E-state index is 13.7. The van der Waals surface area contributed by atoms with Crippen LogP contribution < -0.4 is 0 Å². The van der Waals surface area contributed by atoms with E-state index >= 15 is 0 Å². The summed E-state index contributed by atoms with van der Waals surface area (Å²) in [6, 6.07) is 38.9. The van der Waals surface area contributed by atoms with Gasteiger partial charge in [-0.3, -0.25) is 9.59 Å². The van der Waals surface area contributed by atoms with Crippen LogP contribution in [0.2, 0.25) is 0 Å². The van der Waals surface area contributed by atoms with Crippen molar-refractivity contribution in [3.05, 3.63) is 144 Å². The third-order valence-electron chi connectivity index (χ3n) is 5.79. The molecule has 0 heterocycles. The van der Waals surface area contributed by atoms with Crippen molar-refractivity contribution in [1.82, 2.24) is 0 Å². The van der Waals surface area contributed by atoms with Gasteiger partial charge in [0.2, 0.25) is 0 Å². The maximum Gasteiger partial charge on any atom is 0.145 e. The number of ketones is 2. The van der Waals surface area contributed by atoms with Gasteiger partial charge in [0.25, 0.3) is 0 Å². The fourth-order valence-corrected chi connectivity index (χ4v) is 4.26. The number of rotatable bonds is 9. The number of carbonyl (C=O) groups is 2. The Morgan fingerprint density at radius 1 is 0.438 bits per heavy atom. The van der Waals surface area contributed by atoms with Crippen molar-refractivity contribution in [2.75, 3.05) is 0 Å². The lowest BCUT2D eigenvalue weighted by molar-refractivity contribution is -0.126. The number of Topliss-reactive ketones (excluding diaryl/α,β-unsaturated/α-hetero) is 2. The Balaban J connectivity index is 1.75. The highest BCUT2D eigenvalue weighted by Gasteiger charge is 2.35. The predicted molar refractivity (Wildman–Crippen MR) is 129 cm³/mol. The van der Waals surface area contributed by atoms with Crippen LogP contribution in [0.5, 0.6) is 0 Å². The van der Waals surface area contributed by atoms with E-state index in [1.165, 1.54) is 0 Å². The van der Waals surface area contributed by atoms with Gasteiger partial charge in [-0.05, 0) is 22.3 Å². The van der Waals surface area contributed by atoms with Gasteiger partial charge in [-0.2, -0.15) is 0 Å². The summed E-state index contributed by atoms with van der Waals surface area (Å²) >= 11 is 0. The molecule has 0 spiro atoms. The first kappa shape index (κ1) is 21.5. The molecule has 0 aliphatic heterocycles. The standard InChI is InChI=1S/C30H26O2/c31-27(21-23-13-5-1-6-14-23)29(25-17-9-3-10-18-25)30(26-19-11-4-12-20-26)28(32)22-24-15-7-2-8-16-24/h1-20,29-30H,21-22H2/t29-,30+. The highest BCUT2D eigenvalue weighted by molar-refractivity contribution is 5.98. The van der Waals surface area contributed by atoms with Crippen molar-refractivity contribution >= 4 is 11.6 Å². The molecule has 0 fully saturated rings. The van der Waals surface area contributed by atoms with Gasteiger partial charge in [0.05, 0.1) is 11.8 Å². The second kappa shape index (κ2) is 10.5. The summed E-state index contributed by atoms with van der Waals surface area (Å²) in [4.78, 5) is 27.5. The molecule has 2 heteroatoms. The van der Waals surface area contributed by atoms with Crippen LogP contribution in [0.1, 0.15) is 34.1 Å². The van der Waals surface area contributed by atoms with Gasteiger partial charge in [-0.1, -0.05) is 121 Å². The number of hydrogen-bond acceptors (Lipinski definition) is 2. The second-order valence-electron chi connectivity index (χ2n) is 8.03. The number of benzene rings is 4. The lowest BCUT2D eigenvalue weighted by atomic mass is 9.74. The van der Waals surface area contributed by atoms with Crippen LogP contribution in [0, 0.1) is 0 Å². The Morgan fingerprint density at radius 3 is 1.03 bits per heavy atom. The SMILES string of the molecule is O=C(Cc1ccccc1)[C@H](c1ccccc1)[C@@H](C(=O)Cc1ccccc1)c1ccccc1. The lowest BCUT2D eigenvalue weighted by Crippen LogP contribution is -2.29. The van der Waals surface area contributed by atoms with Gasteiger partial charge < -0.3 is 0 Å². The molecular formula is C30H26O2. The molecule has 0 bridgehead atoms. The fraction of sp³-hybridized carbons (Fsp3) is 0.133. The first-order chi connectivity index (χ1) is 15.7. The number of carbonyl (C=O) groups excluding carboxylic acids is 2. The highest BCUT2D eigenvalue weighted by atomic mass is 16.1. The predicted octanol–water partition coefficient (Wildman–Crippen LogP) is 6.18. The van der Waals surface area contributed by atoms with Crippen molar-refractivity contribution in [2.45, 2.75) is 24.7 Å². The molecule has 0 unspecified atom stereocenters. The zero-order valence-electron chi connectivity index (χ0n) is 17.9. The quantitative estimate of drug-likeness (QED) is 0.325. The molecule has 0 saturated heterocycles. The molecule has 0 aromatic heterocycles. The lowest BCUT2D eigenvalue weighted by Gasteiger charge is -2.26. The highest BCUT2D eigenvalue weighted by Crippen LogP contribution is 2.36. The van der Waals surface area contributed by atoms with Crippen LogP contribution in [0.25, 0.3) is 0 Å². The summed E-state index contributed by atoms with van der Waals surface area (Å²) in [7, 11) is 0. The van der Waals surface area contributed by atoms with Gasteiger partial charge in [-0.15, -0.1) is 0 Å². The van der Waals surface area contributed by atoms with Crippen LogP contribution in [-0.2, 0) is 22.4 Å². The van der Waals surface area contributed by atoms with Crippen molar-refractivity contribution in [3.8, 4) is 0 Å². The molecule has 0 aliphatic rings. The van der Waals surface area contributed by atoms with E-state index in [-0.39, 0.29) is 11.6 Å². The molecule has 0 N–H and O–H groups in total. The molecule has 0 saturated carbocycles. The minimum atomic E-state index is -0.546. The normalized spacial score (nSPS) is 12.6. The van der Waals surface area contributed by atoms with E-state index in [4.69, 9.17) is 0 Å². The molecule has 2 nitrogen and oxygen atoms in total. The molecule has 0 aliphatic carbocycles. The Labute approximate surface area is 189 Å². The van der Waals surface area contributed by atoms with E-state index in [9.17, 15) is 9.59 Å². The Morgan fingerprint density at radius 2 is 0.719 bits per heavy atom. The van der Waals surface area contributed by atoms with Crippen LogP contribution in [0.15, 0.2) is 121 Å². The molecule has 32 heavy (non-hydrogen) atoms. The fourth-order valence-electron chi connectivity index (χ4n) is 4.26. The first-order valence-electron chi connectivity index (χ1n) is 11.0. The number of hydrogen-bond donors (Lipinski definition) is 0. The minimum absolute atomic E-state index is 0.0534. The Bertz CT molecular complexity index is 1040. The van der Waals surface area contributed by atoms with Crippen molar-refractivity contribution in [3.63, 3.8) is 0 Å². The second-order valence-corrected chi connectivity index (χ2v) is 8.03. The van der Waals surface area contributed by atoms with Gasteiger partial charge in [0, 0.05) is 12.8 Å². The molecular weight excluding hydrogens is 392 g/mol. The Kier molecular flexibility index (Phi) is 7.04. The van der Waals surface area contributed by atoms with E-state index in [0.29, 0.717) is 12.8 Å². The van der Waals surface area contributed by atoms with Crippen molar-refractivity contribution in [1.29, 1.82) is 0 Å². The molecule has 4 aromatic carbocycles. The molecule has 2 atom stereocenters. The average Bonchev–Trinajstić information content (AvgIpc) is 2.84. The summed E-state index contributed by atoms with van der Waals surface area (Å²) in [6.45, 7) is 0. The first-order valence-corrected chi connectivity index (χ1v) is 11.0. The molecule has 0 amide bonds. The minimum Gasteiger partial charge on any atom is -0.299 e. The van der Waals surface area contributed by atoms with Crippen LogP contribution in [0.3, 0.4) is 0 Å². The molecule has 4 rings (SSSR count). The average molecular weight is 419 g/mol. The van der Waals surface area contributed by atoms with E-state index < -0.39 is 11.8 Å². The van der Waals surface area contributed by atoms with Crippen LogP contribution >= 0.6 is 0 Å². The maximum absolute atomic E-state index is 13.7. The van der Waals surface area contributed by atoms with Crippen molar-refractivity contribution < 1.29 is 9.59 Å². The molecule has 0 radical (unpaired) electrons. The van der Waals surface area contributed by atoms with E-state index in [0.717, 1.165) is 22.3 Å². The van der Waals surface area contributed by atoms with Gasteiger partial charge in [0.1, 0.15) is 11.6 Å². The van der Waals surface area contributed by atoms with Crippen LogP contribution in [0.4, 0.5) is 0 Å². The van der Waals surface area contributed by atoms with Gasteiger partial charge >= 0.3 is 0 Å². The molecule has 158 valence electrons. The van der Waals surface area contributed by atoms with E-state index in [2.05, 4.69) is 0 Å². The zero-order valence-corrected chi connectivity index (χ0v) is 17.9. The zero-order chi connectivity index (χ0) is 22.2. The smallest absolute Gasteiger partial charge is 0.145 e. The van der Waals surface area contributed by atoms with Crippen LogP contribution in [-0.4, -0.2) is 11.6 Å². The molecule has 4 aromatic rings. The largest absolute Gasteiger partial charge is 0.299 e.